The predicted octanol–water partition coefficient (Wildman–Crippen LogP) is 1.78. The van der Waals surface area contributed by atoms with Gasteiger partial charge in [0.05, 0.1) is 39.7 Å². The van der Waals surface area contributed by atoms with Crippen LogP contribution >= 0.6 is 0 Å². The number of rotatable bonds is 18. The molecule has 0 aliphatic carbocycles. The molecule has 0 aromatic carbocycles. The highest BCUT2D eigenvalue weighted by molar-refractivity contribution is 5.92. The molecule has 0 bridgehead atoms. The molecule has 32 heavy (non-hydrogen) atoms. The van der Waals surface area contributed by atoms with Crippen LogP contribution in [0.25, 0.3) is 0 Å². The lowest BCUT2D eigenvalue weighted by Crippen LogP contribution is -2.50. The molecule has 0 saturated heterocycles. The number of hydrogen-bond acceptors (Lipinski definition) is 6. The Morgan fingerprint density at radius 2 is 1.81 bits per heavy atom. The first-order valence-corrected chi connectivity index (χ1v) is 11.0. The number of ether oxygens (including phenoxy) is 1. The summed E-state index contributed by atoms with van der Waals surface area (Å²) in [6.45, 7) is 8.93. The number of quaternary nitrogens is 1. The van der Waals surface area contributed by atoms with Crippen molar-refractivity contribution in [2.24, 2.45) is 0 Å². The van der Waals surface area contributed by atoms with Gasteiger partial charge in [0, 0.05) is 56.1 Å². The predicted molar refractivity (Wildman–Crippen MR) is 123 cm³/mol. The second-order valence-corrected chi connectivity index (χ2v) is 8.49. The van der Waals surface area contributed by atoms with E-state index in [1.807, 2.05) is 14.1 Å². The van der Waals surface area contributed by atoms with Crippen LogP contribution in [0.5, 0.6) is 0 Å². The molecule has 0 spiro atoms. The fraction of sp³-hybridized carbons (Fsp3) is 0.652. The normalized spacial score (nSPS) is 12.6. The highest BCUT2D eigenvalue weighted by Gasteiger charge is 2.28. The second kappa shape index (κ2) is 16.0. The average molecular weight is 455 g/mol. The Kier molecular flexibility index (Phi) is 14.7. The van der Waals surface area contributed by atoms with Gasteiger partial charge in [0.2, 0.25) is 5.91 Å². The van der Waals surface area contributed by atoms with E-state index in [1.165, 1.54) is 0 Å². The van der Waals surface area contributed by atoms with Crippen molar-refractivity contribution in [3.63, 3.8) is 0 Å². The number of aldehydes is 1. The number of carbonyl (C=O) groups excluding carboxylic acids is 3. The zero-order valence-corrected chi connectivity index (χ0v) is 19.9. The third kappa shape index (κ3) is 13.6. The fourth-order valence-electron chi connectivity index (χ4n) is 3.16. The molecule has 1 unspecified atom stereocenters. The number of carboxylic acid groups (broad SMARTS) is 1. The lowest BCUT2D eigenvalue weighted by atomic mass is 10.0. The zero-order chi connectivity index (χ0) is 24.6. The molecule has 0 aliphatic rings. The molecule has 9 nitrogen and oxygen atoms in total. The third-order valence-electron chi connectivity index (χ3n) is 5.22. The van der Waals surface area contributed by atoms with Crippen molar-refractivity contribution < 1.29 is 33.5 Å². The van der Waals surface area contributed by atoms with Gasteiger partial charge in [-0.3, -0.25) is 9.59 Å². The summed E-state index contributed by atoms with van der Waals surface area (Å²) in [7, 11) is 4.06. The van der Waals surface area contributed by atoms with Crippen molar-refractivity contribution in [3.8, 4) is 0 Å². The number of esters is 1. The number of hydrogen-bond donors (Lipinski definition) is 3. The summed E-state index contributed by atoms with van der Waals surface area (Å²) >= 11 is 0. The maximum atomic E-state index is 12.2. The van der Waals surface area contributed by atoms with Crippen LogP contribution in [0.3, 0.4) is 0 Å². The van der Waals surface area contributed by atoms with E-state index in [9.17, 15) is 19.2 Å². The van der Waals surface area contributed by atoms with Crippen molar-refractivity contribution in [2.75, 3.05) is 40.3 Å². The molecule has 0 radical (unpaired) electrons. The summed E-state index contributed by atoms with van der Waals surface area (Å²) in [5.74, 6) is -1.41. The van der Waals surface area contributed by atoms with Crippen LogP contribution in [0, 0.1) is 0 Å². The summed E-state index contributed by atoms with van der Waals surface area (Å²) in [4.78, 5) is 45.1. The molecule has 0 heterocycles. The van der Waals surface area contributed by atoms with Gasteiger partial charge < -0.3 is 29.8 Å². The molecule has 0 aliphatic heterocycles. The molecule has 182 valence electrons. The van der Waals surface area contributed by atoms with E-state index in [4.69, 9.17) is 9.84 Å². The molecule has 0 fully saturated rings. The molecule has 1 atom stereocenters. The van der Waals surface area contributed by atoms with Gasteiger partial charge >= 0.3 is 11.9 Å². The van der Waals surface area contributed by atoms with Crippen molar-refractivity contribution in [3.05, 3.63) is 23.9 Å². The Hall–Kier alpha value is -2.68. The quantitative estimate of drug-likeness (QED) is 0.0949. The largest absolute Gasteiger partial charge is 0.481 e. The molecule has 1 amide bonds. The lowest BCUT2D eigenvalue weighted by molar-refractivity contribution is -0.915. The van der Waals surface area contributed by atoms with Crippen LogP contribution in [0.1, 0.15) is 52.4 Å². The van der Waals surface area contributed by atoms with Gasteiger partial charge in [0.1, 0.15) is 6.29 Å². The second-order valence-electron chi connectivity index (χ2n) is 8.49. The topological polar surface area (TPSA) is 122 Å². The van der Waals surface area contributed by atoms with E-state index in [-0.39, 0.29) is 25.0 Å². The van der Waals surface area contributed by atoms with Crippen LogP contribution in [0.15, 0.2) is 23.9 Å². The van der Waals surface area contributed by atoms with Crippen LogP contribution in [0.2, 0.25) is 0 Å². The standard InChI is InChI=1S/C23H39N3O6/c1-18(2)23(31)32-16-8-12-24-17-19(3)22(30)25-13-7-14-26(4,5)20(9-6-15-27)10-11-21(28)29/h15,17,20H,1,6-14,16H2,2-5H3,(H2-,24,25,28,29,30)/p+1. The minimum atomic E-state index is -0.836. The van der Waals surface area contributed by atoms with E-state index >= 15 is 0 Å². The van der Waals surface area contributed by atoms with Gasteiger partial charge in [-0.1, -0.05) is 6.58 Å². The van der Waals surface area contributed by atoms with Gasteiger partial charge in [-0.15, -0.1) is 0 Å². The van der Waals surface area contributed by atoms with Crippen LogP contribution in [-0.4, -0.2) is 80.1 Å². The van der Waals surface area contributed by atoms with E-state index < -0.39 is 11.9 Å². The Morgan fingerprint density at radius 1 is 1.12 bits per heavy atom. The van der Waals surface area contributed by atoms with Crippen molar-refractivity contribution >= 4 is 24.1 Å². The monoisotopic (exact) mass is 454 g/mol. The summed E-state index contributed by atoms with van der Waals surface area (Å²) in [6.07, 6.45) is 5.51. The molecule has 0 rings (SSSR count). The Morgan fingerprint density at radius 3 is 2.41 bits per heavy atom. The maximum Gasteiger partial charge on any atom is 0.333 e. The van der Waals surface area contributed by atoms with Crippen LogP contribution in [-0.2, 0) is 23.9 Å². The summed E-state index contributed by atoms with van der Waals surface area (Å²) in [5.41, 5.74) is 0.910. The highest BCUT2D eigenvalue weighted by Crippen LogP contribution is 2.18. The van der Waals surface area contributed by atoms with Gasteiger partial charge in [-0.05, 0) is 20.3 Å². The minimum Gasteiger partial charge on any atom is -0.481 e. The van der Waals surface area contributed by atoms with E-state index in [0.717, 1.165) is 19.3 Å². The first-order chi connectivity index (χ1) is 15.0. The average Bonchev–Trinajstić information content (AvgIpc) is 2.72. The molecule has 3 N–H and O–H groups in total. The van der Waals surface area contributed by atoms with Crippen LogP contribution in [0.4, 0.5) is 0 Å². The molecular weight excluding hydrogens is 414 g/mol. The number of carbonyl (C=O) groups is 4. The van der Waals surface area contributed by atoms with E-state index in [2.05, 4.69) is 17.2 Å². The van der Waals surface area contributed by atoms with Crippen molar-refractivity contribution in [2.45, 2.75) is 58.4 Å². The number of nitrogens with zero attached hydrogens (tertiary/aromatic N) is 1. The van der Waals surface area contributed by atoms with Gasteiger partial charge in [0.15, 0.2) is 0 Å². The summed E-state index contributed by atoms with van der Waals surface area (Å²) < 4.78 is 5.59. The molecule has 0 aromatic rings. The van der Waals surface area contributed by atoms with Crippen molar-refractivity contribution in [1.82, 2.24) is 10.6 Å². The summed E-state index contributed by atoms with van der Waals surface area (Å²) in [6, 6.07) is 0.0764. The maximum absolute atomic E-state index is 12.2. The molecular formula is C23H40N3O6+. The van der Waals surface area contributed by atoms with Gasteiger partial charge in [0.25, 0.3) is 0 Å². The fourth-order valence-corrected chi connectivity index (χ4v) is 3.16. The van der Waals surface area contributed by atoms with Gasteiger partial charge in [-0.25, -0.2) is 4.79 Å². The van der Waals surface area contributed by atoms with Crippen LogP contribution < -0.4 is 10.6 Å². The molecule has 0 aromatic heterocycles. The zero-order valence-electron chi connectivity index (χ0n) is 19.9. The lowest BCUT2D eigenvalue weighted by Gasteiger charge is -2.38. The molecule has 9 heteroatoms. The highest BCUT2D eigenvalue weighted by atomic mass is 16.5. The Bertz CT molecular complexity index is 673. The third-order valence-corrected chi connectivity index (χ3v) is 5.22. The Labute approximate surface area is 191 Å². The SMILES string of the molecule is C=C(C)C(=O)OCCCNC=C(C)C(=O)NCCC[N+](C)(C)C(CCC=O)CCC(=O)O. The number of nitrogens with one attached hydrogen (secondary N) is 2. The number of aliphatic carboxylic acids is 1. The minimum absolute atomic E-state index is 0.0764. The molecule has 0 saturated carbocycles. The first-order valence-electron chi connectivity index (χ1n) is 11.0. The smallest absolute Gasteiger partial charge is 0.333 e. The number of amides is 1. The summed E-state index contributed by atoms with van der Waals surface area (Å²) in [5, 5.41) is 14.9. The van der Waals surface area contributed by atoms with Crippen molar-refractivity contribution in [1.29, 1.82) is 0 Å². The van der Waals surface area contributed by atoms with Gasteiger partial charge in [-0.2, -0.15) is 0 Å². The Balaban J connectivity index is 4.28. The van der Waals surface area contributed by atoms with E-state index in [1.54, 1.807) is 20.0 Å². The van der Waals surface area contributed by atoms with E-state index in [0.29, 0.717) is 54.4 Å². The number of carboxylic acids is 1. The first kappa shape index (κ1) is 29.3.